The highest BCUT2D eigenvalue weighted by Crippen LogP contribution is 2.33. The maximum atomic E-state index is 13.7. The Morgan fingerprint density at radius 2 is 1.54 bits per heavy atom. The van der Waals surface area contributed by atoms with Gasteiger partial charge < -0.3 is 14.1 Å². The molecule has 0 saturated carbocycles. The second kappa shape index (κ2) is 14.5. The van der Waals surface area contributed by atoms with Gasteiger partial charge in [-0.15, -0.1) is 0 Å². The number of fused-ring (bicyclic) bond motifs is 1. The van der Waals surface area contributed by atoms with Crippen LogP contribution in [-0.4, -0.2) is 58.6 Å². The number of carbonyl (C=O) groups excluding carboxylic acids is 1. The number of furan rings is 1. The van der Waals surface area contributed by atoms with Crippen molar-refractivity contribution in [3.63, 3.8) is 0 Å². The third kappa shape index (κ3) is 8.32. The number of carbonyl (C=O) groups is 1. The lowest BCUT2D eigenvalue weighted by Gasteiger charge is -2.21. The van der Waals surface area contributed by atoms with Crippen LogP contribution >= 0.6 is 0 Å². The smallest absolute Gasteiger partial charge is 0.231 e. The molecule has 1 heterocycles. The van der Waals surface area contributed by atoms with Crippen LogP contribution in [0.2, 0.25) is 0 Å². The third-order valence-corrected chi connectivity index (χ3v) is 8.18. The van der Waals surface area contributed by atoms with Crippen LogP contribution in [0, 0.1) is 0 Å². The number of anilines is 1. The van der Waals surface area contributed by atoms with E-state index in [0.717, 1.165) is 44.5 Å². The Kier molecular flexibility index (Phi) is 11.4. The van der Waals surface area contributed by atoms with Crippen LogP contribution < -0.4 is 9.04 Å². The summed E-state index contributed by atoms with van der Waals surface area (Å²) >= 11 is 0. The summed E-state index contributed by atoms with van der Waals surface area (Å²) in [4.78, 5) is 16.2. The molecule has 3 aromatic rings. The number of rotatable bonds is 17. The van der Waals surface area contributed by atoms with Crippen LogP contribution in [0.15, 0.2) is 46.9 Å². The van der Waals surface area contributed by atoms with Gasteiger partial charge in [0, 0.05) is 31.0 Å². The first-order valence-electron chi connectivity index (χ1n) is 14.2. The molecule has 3 rings (SSSR count). The molecule has 0 aliphatic rings. The molecule has 0 aliphatic heterocycles. The van der Waals surface area contributed by atoms with Crippen molar-refractivity contribution in [2.45, 2.75) is 65.7 Å². The summed E-state index contributed by atoms with van der Waals surface area (Å²) < 4.78 is 37.4. The molecule has 8 heteroatoms. The average molecular weight is 557 g/mol. The fraction of sp³-hybridized carbons (Fsp3) is 0.516. The van der Waals surface area contributed by atoms with Gasteiger partial charge in [0.25, 0.3) is 0 Å². The number of hydrogen-bond donors (Lipinski definition) is 0. The van der Waals surface area contributed by atoms with Crippen molar-refractivity contribution in [1.29, 1.82) is 0 Å². The molecule has 0 N–H and O–H groups in total. The van der Waals surface area contributed by atoms with Crippen molar-refractivity contribution in [2.24, 2.45) is 0 Å². The number of unbranched alkanes of at least 4 members (excludes halogenated alkanes) is 2. The molecular weight excluding hydrogens is 512 g/mol. The van der Waals surface area contributed by atoms with Gasteiger partial charge in [0.15, 0.2) is 5.78 Å². The minimum Gasteiger partial charge on any atom is -0.494 e. The molecule has 0 amide bonds. The molecule has 0 unspecified atom stereocenters. The van der Waals surface area contributed by atoms with E-state index in [1.165, 1.54) is 37.0 Å². The fourth-order valence-corrected chi connectivity index (χ4v) is 5.10. The number of sulfonamides is 1. The van der Waals surface area contributed by atoms with Crippen molar-refractivity contribution >= 4 is 32.5 Å². The van der Waals surface area contributed by atoms with Gasteiger partial charge in [0.2, 0.25) is 10.0 Å². The van der Waals surface area contributed by atoms with Gasteiger partial charge in [-0.05, 0) is 81.2 Å². The Labute approximate surface area is 234 Å². The van der Waals surface area contributed by atoms with Crippen molar-refractivity contribution in [3.05, 3.63) is 59.4 Å². The first-order valence-corrected chi connectivity index (χ1v) is 16.0. The molecule has 0 aliphatic carbocycles. The molecule has 0 spiro atoms. The van der Waals surface area contributed by atoms with Gasteiger partial charge in [-0.25, -0.2) is 8.42 Å². The zero-order chi connectivity index (χ0) is 28.4. The number of benzene rings is 2. The first kappa shape index (κ1) is 30.7. The van der Waals surface area contributed by atoms with Crippen molar-refractivity contribution < 1.29 is 22.4 Å². The molecule has 7 nitrogen and oxygen atoms in total. The zero-order valence-electron chi connectivity index (χ0n) is 24.2. The van der Waals surface area contributed by atoms with E-state index >= 15 is 0 Å². The van der Waals surface area contributed by atoms with E-state index in [2.05, 4.69) is 18.7 Å². The summed E-state index contributed by atoms with van der Waals surface area (Å²) in [6, 6.07) is 12.4. The minimum absolute atomic E-state index is 0.148. The van der Waals surface area contributed by atoms with E-state index < -0.39 is 10.0 Å². The molecule has 0 radical (unpaired) electrons. The van der Waals surface area contributed by atoms with E-state index in [9.17, 15) is 13.2 Å². The topological polar surface area (TPSA) is 80.1 Å². The lowest BCUT2D eigenvalue weighted by Crippen LogP contribution is -2.28. The Morgan fingerprint density at radius 3 is 2.13 bits per heavy atom. The van der Waals surface area contributed by atoms with Crippen LogP contribution in [0.25, 0.3) is 11.0 Å². The summed E-state index contributed by atoms with van der Waals surface area (Å²) in [6.45, 7) is 10.4. The Balaban J connectivity index is 1.73. The minimum atomic E-state index is -3.44. The van der Waals surface area contributed by atoms with Gasteiger partial charge in [-0.3, -0.25) is 9.10 Å². The van der Waals surface area contributed by atoms with E-state index in [4.69, 9.17) is 9.15 Å². The number of hydrogen-bond acceptors (Lipinski definition) is 6. The largest absolute Gasteiger partial charge is 0.494 e. The zero-order valence-corrected chi connectivity index (χ0v) is 25.0. The molecule has 0 atom stereocenters. The Hall–Kier alpha value is -2.84. The maximum Gasteiger partial charge on any atom is 0.231 e. The van der Waals surface area contributed by atoms with E-state index in [0.29, 0.717) is 46.6 Å². The lowest BCUT2D eigenvalue weighted by molar-refractivity contribution is 0.103. The van der Waals surface area contributed by atoms with Gasteiger partial charge >= 0.3 is 0 Å². The van der Waals surface area contributed by atoms with Gasteiger partial charge in [-0.2, -0.15) is 0 Å². The SMILES string of the molecule is CCCCN(CCCC)CCCOc1ccc(C(=O)c2c(CCC)oc3ccc(N(C)S(C)(=O)=O)cc23)cc1. The highest BCUT2D eigenvalue weighted by molar-refractivity contribution is 7.92. The standard InChI is InChI=1S/C31H44N2O5S/c1-6-9-19-33(20-10-7-2)21-11-22-37-26-16-13-24(14-17-26)31(34)30-27-23-25(32(4)39(5,35)36)15-18-28(27)38-29(30)12-8-3/h13-18,23H,6-12,19-22H2,1-5H3. The average Bonchev–Trinajstić information content (AvgIpc) is 3.28. The van der Waals surface area contributed by atoms with Crippen LogP contribution in [0.4, 0.5) is 5.69 Å². The Morgan fingerprint density at radius 1 is 0.897 bits per heavy atom. The van der Waals surface area contributed by atoms with E-state index in [1.807, 2.05) is 19.1 Å². The third-order valence-electron chi connectivity index (χ3n) is 6.97. The first-order chi connectivity index (χ1) is 18.7. The molecule has 214 valence electrons. The van der Waals surface area contributed by atoms with Crippen molar-refractivity contribution in [2.75, 3.05) is 43.8 Å². The van der Waals surface area contributed by atoms with Crippen molar-refractivity contribution in [1.82, 2.24) is 4.90 Å². The van der Waals surface area contributed by atoms with Gasteiger partial charge in [-0.1, -0.05) is 33.6 Å². The number of aryl methyl sites for hydroxylation is 1. The number of ketones is 1. The predicted octanol–water partition coefficient (Wildman–Crippen LogP) is 6.68. The molecule has 1 aromatic heterocycles. The second-order valence-corrected chi connectivity index (χ2v) is 12.2. The fourth-order valence-electron chi connectivity index (χ4n) is 4.60. The lowest BCUT2D eigenvalue weighted by atomic mass is 9.98. The van der Waals surface area contributed by atoms with E-state index in [1.54, 1.807) is 30.3 Å². The summed E-state index contributed by atoms with van der Waals surface area (Å²) in [5.74, 6) is 1.21. The molecule has 39 heavy (non-hydrogen) atoms. The van der Waals surface area contributed by atoms with Crippen molar-refractivity contribution in [3.8, 4) is 5.75 Å². The highest BCUT2D eigenvalue weighted by atomic mass is 32.2. The summed E-state index contributed by atoms with van der Waals surface area (Å²) in [5.41, 5.74) is 2.08. The summed E-state index contributed by atoms with van der Waals surface area (Å²) in [7, 11) is -1.94. The van der Waals surface area contributed by atoms with Gasteiger partial charge in [0.05, 0.1) is 24.1 Å². The normalized spacial score (nSPS) is 11.8. The molecular formula is C31H44N2O5S. The maximum absolute atomic E-state index is 13.7. The molecule has 0 fully saturated rings. The van der Waals surface area contributed by atoms with Crippen LogP contribution in [0.3, 0.4) is 0 Å². The van der Waals surface area contributed by atoms with E-state index in [-0.39, 0.29) is 5.78 Å². The number of nitrogens with zero attached hydrogens (tertiary/aromatic N) is 2. The monoisotopic (exact) mass is 556 g/mol. The quantitative estimate of drug-likeness (QED) is 0.136. The Bertz CT molecular complexity index is 1310. The summed E-state index contributed by atoms with van der Waals surface area (Å²) in [6.07, 6.45) is 8.40. The molecule has 0 saturated heterocycles. The van der Waals surface area contributed by atoms with Crippen LogP contribution in [0.1, 0.15) is 81.0 Å². The molecule has 2 aromatic carbocycles. The van der Waals surface area contributed by atoms with Gasteiger partial charge in [0.1, 0.15) is 17.1 Å². The predicted molar refractivity (Wildman–Crippen MR) is 160 cm³/mol. The summed E-state index contributed by atoms with van der Waals surface area (Å²) in [5, 5.41) is 0.618. The second-order valence-electron chi connectivity index (χ2n) is 10.2. The van der Waals surface area contributed by atoms with Crippen LogP contribution in [0.5, 0.6) is 5.75 Å². The highest BCUT2D eigenvalue weighted by Gasteiger charge is 2.23. The molecule has 0 bridgehead atoms. The van der Waals surface area contributed by atoms with Crippen LogP contribution in [-0.2, 0) is 16.4 Å². The number of ether oxygens (including phenoxy) is 1.